The summed E-state index contributed by atoms with van der Waals surface area (Å²) in [5.41, 5.74) is 7.99. The van der Waals surface area contributed by atoms with Crippen molar-refractivity contribution in [2.75, 3.05) is 5.32 Å². The van der Waals surface area contributed by atoms with Gasteiger partial charge in [-0.25, -0.2) is 4.39 Å². The molecule has 4 nitrogen and oxygen atoms in total. The maximum Gasteiger partial charge on any atom is 0.170 e. The van der Waals surface area contributed by atoms with E-state index in [-0.39, 0.29) is 11.7 Å². The van der Waals surface area contributed by atoms with Crippen LogP contribution in [0.2, 0.25) is 0 Å². The van der Waals surface area contributed by atoms with Crippen LogP contribution in [0.5, 0.6) is 0 Å². The van der Waals surface area contributed by atoms with Crippen LogP contribution in [0.15, 0.2) is 53.7 Å². The second kappa shape index (κ2) is 5.86. The fourth-order valence-corrected chi connectivity index (χ4v) is 1.67. The van der Waals surface area contributed by atoms with Crippen molar-refractivity contribution >= 4 is 11.5 Å². The van der Waals surface area contributed by atoms with Crippen LogP contribution in [-0.4, -0.2) is 11.0 Å². The van der Waals surface area contributed by atoms with Crippen LogP contribution in [0.25, 0.3) is 0 Å². The van der Waals surface area contributed by atoms with Crippen LogP contribution >= 0.6 is 0 Å². The molecule has 0 unspecified atom stereocenters. The third-order valence-corrected chi connectivity index (χ3v) is 2.67. The van der Waals surface area contributed by atoms with Gasteiger partial charge in [0.2, 0.25) is 0 Å². The van der Waals surface area contributed by atoms with Gasteiger partial charge in [-0.05, 0) is 35.9 Å². The molecule has 0 aliphatic heterocycles. The lowest BCUT2D eigenvalue weighted by Crippen LogP contribution is -2.13. The molecule has 0 amide bonds. The van der Waals surface area contributed by atoms with Crippen molar-refractivity contribution in [3.8, 4) is 0 Å². The average Bonchev–Trinajstić information content (AvgIpc) is 2.46. The molecule has 19 heavy (non-hydrogen) atoms. The van der Waals surface area contributed by atoms with Crippen LogP contribution < -0.4 is 11.1 Å². The van der Waals surface area contributed by atoms with Crippen molar-refractivity contribution in [3.63, 3.8) is 0 Å². The highest BCUT2D eigenvalue weighted by atomic mass is 19.1. The van der Waals surface area contributed by atoms with Gasteiger partial charge in [0.25, 0.3) is 0 Å². The third kappa shape index (κ3) is 3.45. The van der Waals surface area contributed by atoms with E-state index in [9.17, 15) is 4.39 Å². The van der Waals surface area contributed by atoms with Crippen molar-refractivity contribution in [1.82, 2.24) is 0 Å². The van der Waals surface area contributed by atoms with Crippen LogP contribution in [-0.2, 0) is 6.54 Å². The topological polar surface area (TPSA) is 70.6 Å². The Morgan fingerprint density at radius 1 is 1.21 bits per heavy atom. The zero-order chi connectivity index (χ0) is 13.7. The van der Waals surface area contributed by atoms with E-state index in [1.54, 1.807) is 18.2 Å². The summed E-state index contributed by atoms with van der Waals surface area (Å²) in [6.07, 6.45) is 0. The molecular formula is C14H14FN3O. The van der Waals surface area contributed by atoms with Crippen molar-refractivity contribution < 1.29 is 9.60 Å². The third-order valence-electron chi connectivity index (χ3n) is 2.67. The van der Waals surface area contributed by atoms with Crippen LogP contribution in [0.4, 0.5) is 10.1 Å². The van der Waals surface area contributed by atoms with Gasteiger partial charge in [-0.2, -0.15) is 0 Å². The molecule has 5 heteroatoms. The summed E-state index contributed by atoms with van der Waals surface area (Å²) in [4.78, 5) is 0. The molecule has 0 heterocycles. The summed E-state index contributed by atoms with van der Waals surface area (Å²) < 4.78 is 12.8. The van der Waals surface area contributed by atoms with Crippen molar-refractivity contribution in [1.29, 1.82) is 0 Å². The lowest BCUT2D eigenvalue weighted by Gasteiger charge is -2.07. The van der Waals surface area contributed by atoms with Gasteiger partial charge in [0, 0.05) is 17.8 Å². The number of nitrogens with zero attached hydrogens (tertiary/aromatic N) is 1. The number of anilines is 1. The van der Waals surface area contributed by atoms with Gasteiger partial charge in [0.05, 0.1) is 0 Å². The summed E-state index contributed by atoms with van der Waals surface area (Å²) in [5.74, 6) is -0.192. The first kappa shape index (κ1) is 12.9. The molecule has 2 aromatic rings. The number of amidine groups is 1. The fraction of sp³-hybridized carbons (Fsp3) is 0.0714. The zero-order valence-corrected chi connectivity index (χ0v) is 10.2. The van der Waals surface area contributed by atoms with Crippen molar-refractivity contribution in [3.05, 3.63) is 65.5 Å². The molecule has 2 rings (SSSR count). The Balaban J connectivity index is 2.05. The van der Waals surface area contributed by atoms with Crippen molar-refractivity contribution in [2.24, 2.45) is 10.9 Å². The molecule has 0 aliphatic rings. The van der Waals surface area contributed by atoms with E-state index >= 15 is 0 Å². The van der Waals surface area contributed by atoms with E-state index in [0.29, 0.717) is 12.1 Å². The number of benzene rings is 2. The summed E-state index contributed by atoms with van der Waals surface area (Å²) in [5, 5.41) is 14.7. The molecule has 98 valence electrons. The Labute approximate surface area is 110 Å². The maximum atomic E-state index is 12.8. The molecule has 0 atom stereocenters. The van der Waals surface area contributed by atoms with Gasteiger partial charge in [0.1, 0.15) is 5.82 Å². The molecule has 0 aliphatic carbocycles. The second-order valence-corrected chi connectivity index (χ2v) is 4.05. The van der Waals surface area contributed by atoms with Crippen LogP contribution in [0.3, 0.4) is 0 Å². The van der Waals surface area contributed by atoms with E-state index in [4.69, 9.17) is 10.9 Å². The van der Waals surface area contributed by atoms with E-state index in [2.05, 4.69) is 10.5 Å². The monoisotopic (exact) mass is 259 g/mol. The number of rotatable bonds is 4. The number of hydrogen-bond donors (Lipinski definition) is 3. The average molecular weight is 259 g/mol. The quantitative estimate of drug-likeness (QED) is 0.342. The Bertz CT molecular complexity index is 581. The number of halogens is 1. The molecular weight excluding hydrogens is 245 g/mol. The van der Waals surface area contributed by atoms with Gasteiger partial charge in [-0.15, -0.1) is 0 Å². The van der Waals surface area contributed by atoms with Gasteiger partial charge in [0.15, 0.2) is 5.84 Å². The standard InChI is InChI=1S/C14H14FN3O/c15-12-4-6-13(7-5-12)17-9-10-2-1-3-11(8-10)14(16)18-19/h1-8,17,19H,9H2,(H2,16,18). The highest BCUT2D eigenvalue weighted by molar-refractivity contribution is 5.97. The molecule has 0 radical (unpaired) electrons. The first-order valence-corrected chi connectivity index (χ1v) is 5.75. The van der Waals surface area contributed by atoms with Gasteiger partial charge < -0.3 is 16.3 Å². The van der Waals surface area contributed by atoms with Crippen molar-refractivity contribution in [2.45, 2.75) is 6.54 Å². The van der Waals surface area contributed by atoms with E-state index < -0.39 is 0 Å². The SMILES string of the molecule is NC(=NO)c1cccc(CNc2ccc(F)cc2)c1. The van der Waals surface area contributed by atoms with E-state index in [0.717, 1.165) is 11.3 Å². The second-order valence-electron chi connectivity index (χ2n) is 4.05. The summed E-state index contributed by atoms with van der Waals surface area (Å²) in [7, 11) is 0. The predicted molar refractivity (Wildman–Crippen MR) is 72.7 cm³/mol. The Morgan fingerprint density at radius 3 is 2.63 bits per heavy atom. The molecule has 0 aromatic heterocycles. The minimum absolute atomic E-state index is 0.0728. The number of oxime groups is 1. The minimum Gasteiger partial charge on any atom is -0.409 e. The van der Waals surface area contributed by atoms with Crippen LogP contribution in [0, 0.1) is 5.82 Å². The van der Waals surface area contributed by atoms with E-state index in [1.165, 1.54) is 12.1 Å². The summed E-state index contributed by atoms with van der Waals surface area (Å²) in [6, 6.07) is 13.5. The normalized spacial score (nSPS) is 11.3. The minimum atomic E-state index is -0.264. The first-order chi connectivity index (χ1) is 9.19. The van der Waals surface area contributed by atoms with Gasteiger partial charge in [-0.3, -0.25) is 0 Å². The first-order valence-electron chi connectivity index (χ1n) is 5.75. The fourth-order valence-electron chi connectivity index (χ4n) is 1.67. The summed E-state index contributed by atoms with van der Waals surface area (Å²) >= 11 is 0. The van der Waals surface area contributed by atoms with Gasteiger partial charge in [-0.1, -0.05) is 23.4 Å². The lowest BCUT2D eigenvalue weighted by molar-refractivity contribution is 0.318. The van der Waals surface area contributed by atoms with Crippen LogP contribution in [0.1, 0.15) is 11.1 Å². The highest BCUT2D eigenvalue weighted by Crippen LogP contribution is 2.11. The maximum absolute atomic E-state index is 12.8. The Hall–Kier alpha value is -2.56. The smallest absolute Gasteiger partial charge is 0.170 e. The number of nitrogens with two attached hydrogens (primary N) is 1. The van der Waals surface area contributed by atoms with Gasteiger partial charge >= 0.3 is 0 Å². The lowest BCUT2D eigenvalue weighted by atomic mass is 10.1. The molecule has 0 spiro atoms. The molecule has 0 saturated carbocycles. The molecule has 0 bridgehead atoms. The number of nitrogens with one attached hydrogen (secondary N) is 1. The Morgan fingerprint density at radius 2 is 1.95 bits per heavy atom. The molecule has 0 saturated heterocycles. The molecule has 2 aromatic carbocycles. The molecule has 4 N–H and O–H groups in total. The zero-order valence-electron chi connectivity index (χ0n) is 10.2. The number of hydrogen-bond acceptors (Lipinski definition) is 3. The summed E-state index contributed by atoms with van der Waals surface area (Å²) in [6.45, 7) is 0.568. The Kier molecular flexibility index (Phi) is 3.97. The largest absolute Gasteiger partial charge is 0.409 e. The van der Waals surface area contributed by atoms with E-state index in [1.807, 2.05) is 18.2 Å². The molecule has 0 fully saturated rings. The predicted octanol–water partition coefficient (Wildman–Crippen LogP) is 2.53. The highest BCUT2D eigenvalue weighted by Gasteiger charge is 2.01.